The Labute approximate surface area is 226 Å². The van der Waals surface area contributed by atoms with Crippen LogP contribution >= 0.6 is 56.8 Å². The van der Waals surface area contributed by atoms with E-state index in [0.29, 0.717) is 39.7 Å². The number of halogens is 3. The summed E-state index contributed by atoms with van der Waals surface area (Å²) in [5.74, 6) is 1.57. The van der Waals surface area contributed by atoms with E-state index in [2.05, 4.69) is 50.3 Å². The molecule has 0 atom stereocenters. The van der Waals surface area contributed by atoms with Gasteiger partial charge >= 0.3 is 0 Å². The van der Waals surface area contributed by atoms with Gasteiger partial charge in [-0.25, -0.2) is 4.98 Å². The van der Waals surface area contributed by atoms with Crippen LogP contribution in [0.5, 0.6) is 5.75 Å². The van der Waals surface area contributed by atoms with E-state index < -0.39 is 0 Å². The summed E-state index contributed by atoms with van der Waals surface area (Å²) >= 11 is 10.6. The number of hydrogen-bond donors (Lipinski definition) is 0. The summed E-state index contributed by atoms with van der Waals surface area (Å²) in [6.07, 6.45) is 1.64. The number of hydrogen-bond acceptors (Lipinski definition) is 5. The van der Waals surface area contributed by atoms with Crippen LogP contribution in [0.15, 0.2) is 75.0 Å². The van der Waals surface area contributed by atoms with Crippen LogP contribution < -0.4 is 10.3 Å². The number of nitrogens with zero attached hydrogens (tertiary/aromatic N) is 3. The first kappa shape index (κ1) is 23.3. The monoisotopic (exact) mass is 695 g/mol. The summed E-state index contributed by atoms with van der Waals surface area (Å²) in [5, 5.41) is 6.42. The molecule has 3 aromatic carbocycles. The zero-order chi connectivity index (χ0) is 23.8. The molecule has 0 bridgehead atoms. The maximum Gasteiger partial charge on any atom is 0.282 e. The average Bonchev–Trinajstić information content (AvgIpc) is 3.24. The van der Waals surface area contributed by atoms with Gasteiger partial charge < -0.3 is 9.15 Å². The van der Waals surface area contributed by atoms with Gasteiger partial charge in [-0.3, -0.25) is 4.79 Å². The summed E-state index contributed by atoms with van der Waals surface area (Å²) in [5.41, 5.74) is 1.76. The van der Waals surface area contributed by atoms with E-state index in [1.165, 1.54) is 4.68 Å². The van der Waals surface area contributed by atoms with Crippen molar-refractivity contribution in [1.82, 2.24) is 9.66 Å². The Kier molecular flexibility index (Phi) is 6.63. The summed E-state index contributed by atoms with van der Waals surface area (Å²) in [6.45, 7) is 2.54. The zero-order valence-electron chi connectivity index (χ0n) is 17.8. The number of ether oxygens (including phenoxy) is 1. The van der Waals surface area contributed by atoms with Gasteiger partial charge in [-0.05, 0) is 106 Å². The molecule has 170 valence electrons. The molecule has 6 nitrogen and oxygen atoms in total. The highest BCUT2D eigenvalue weighted by Crippen LogP contribution is 2.30. The van der Waals surface area contributed by atoms with Gasteiger partial charge in [0.05, 0.1) is 30.9 Å². The Morgan fingerprint density at radius 3 is 2.65 bits per heavy atom. The Hall–Kier alpha value is -2.44. The van der Waals surface area contributed by atoms with Crippen molar-refractivity contribution in [3.8, 4) is 17.3 Å². The smallest absolute Gasteiger partial charge is 0.282 e. The molecule has 0 saturated carbocycles. The van der Waals surface area contributed by atoms with Gasteiger partial charge in [0.15, 0.2) is 5.76 Å². The number of benzene rings is 3. The van der Waals surface area contributed by atoms with E-state index in [9.17, 15) is 4.79 Å². The minimum atomic E-state index is -0.286. The van der Waals surface area contributed by atoms with Crippen molar-refractivity contribution < 1.29 is 9.15 Å². The Morgan fingerprint density at radius 1 is 1.12 bits per heavy atom. The molecule has 2 heterocycles. The number of aromatic nitrogens is 2. The molecule has 0 spiro atoms. The number of furan rings is 1. The van der Waals surface area contributed by atoms with E-state index in [1.54, 1.807) is 42.6 Å². The number of fused-ring (bicyclic) bond motifs is 2. The molecule has 0 aliphatic heterocycles. The maximum absolute atomic E-state index is 13.4. The third-order valence-corrected chi connectivity index (χ3v) is 6.92. The molecule has 0 aliphatic rings. The van der Waals surface area contributed by atoms with Gasteiger partial charge in [-0.15, -0.1) is 0 Å². The normalized spacial score (nSPS) is 11.6. The van der Waals surface area contributed by atoms with Crippen molar-refractivity contribution in [3.05, 3.63) is 88.7 Å². The van der Waals surface area contributed by atoms with Crippen LogP contribution in [-0.4, -0.2) is 22.5 Å². The molecule has 2 aromatic heterocycles. The molecule has 0 amide bonds. The molecular weight excluding hydrogens is 680 g/mol. The quantitative estimate of drug-likeness (QED) is 0.148. The Bertz CT molecular complexity index is 1620. The minimum absolute atomic E-state index is 0.286. The zero-order valence-corrected chi connectivity index (χ0v) is 22.8. The second-order valence-electron chi connectivity index (χ2n) is 7.35. The summed E-state index contributed by atoms with van der Waals surface area (Å²) < 4.78 is 14.9. The van der Waals surface area contributed by atoms with Crippen LogP contribution in [0.4, 0.5) is 0 Å². The molecule has 5 aromatic rings. The van der Waals surface area contributed by atoms with Gasteiger partial charge in [0.25, 0.3) is 5.56 Å². The van der Waals surface area contributed by atoms with Crippen molar-refractivity contribution >= 4 is 84.9 Å². The molecule has 34 heavy (non-hydrogen) atoms. The van der Waals surface area contributed by atoms with Gasteiger partial charge in [0.1, 0.15) is 11.3 Å². The molecule has 0 saturated heterocycles. The molecule has 0 radical (unpaired) electrons. The molecule has 0 aliphatic carbocycles. The molecule has 5 rings (SSSR count). The van der Waals surface area contributed by atoms with Crippen LogP contribution in [0.3, 0.4) is 0 Å². The lowest BCUT2D eigenvalue weighted by Crippen LogP contribution is -2.20. The van der Waals surface area contributed by atoms with Crippen LogP contribution in [-0.2, 0) is 0 Å². The van der Waals surface area contributed by atoms with Crippen molar-refractivity contribution in [3.63, 3.8) is 0 Å². The first-order chi connectivity index (χ1) is 16.4. The molecular formula is C25H16ClI2N3O3. The first-order valence-corrected chi connectivity index (χ1v) is 12.9. The lowest BCUT2D eigenvalue weighted by Gasteiger charge is -2.10. The van der Waals surface area contributed by atoms with E-state index in [4.69, 9.17) is 25.7 Å². The highest BCUT2D eigenvalue weighted by atomic mass is 127. The second-order valence-corrected chi connectivity index (χ2v) is 10.1. The standard InChI is InChI=1S/C25H16ClI2N3O3/c1-2-33-23-18(27)9-14(10-19(23)28)13-29-31-24(30-20-6-4-3-5-17(20)25(31)32)22-12-15-11-16(26)7-8-21(15)34-22/h3-13H,2H2,1H3. The fourth-order valence-electron chi connectivity index (χ4n) is 3.58. The van der Waals surface area contributed by atoms with Gasteiger partial charge in [0.2, 0.25) is 5.82 Å². The van der Waals surface area contributed by atoms with E-state index in [-0.39, 0.29) is 5.56 Å². The minimum Gasteiger partial charge on any atom is -0.492 e. The van der Waals surface area contributed by atoms with Gasteiger partial charge in [-0.2, -0.15) is 9.78 Å². The van der Waals surface area contributed by atoms with Crippen LogP contribution in [0.25, 0.3) is 33.5 Å². The number of rotatable bonds is 5. The van der Waals surface area contributed by atoms with Gasteiger partial charge in [-0.1, -0.05) is 23.7 Å². The SMILES string of the molecule is CCOc1c(I)cc(C=Nn2c(-c3cc4cc(Cl)ccc4o3)nc3ccccc3c2=O)cc1I. The van der Waals surface area contributed by atoms with E-state index in [0.717, 1.165) is 23.8 Å². The van der Waals surface area contributed by atoms with Gasteiger partial charge in [0, 0.05) is 10.4 Å². The average molecular weight is 696 g/mol. The fourth-order valence-corrected chi connectivity index (χ4v) is 5.88. The van der Waals surface area contributed by atoms with Crippen molar-refractivity contribution in [2.45, 2.75) is 6.92 Å². The maximum atomic E-state index is 13.4. The molecule has 0 N–H and O–H groups in total. The first-order valence-electron chi connectivity index (χ1n) is 10.3. The second kappa shape index (κ2) is 9.67. The van der Waals surface area contributed by atoms with Crippen molar-refractivity contribution in [2.75, 3.05) is 6.61 Å². The topological polar surface area (TPSA) is 69.6 Å². The number of para-hydroxylation sites is 1. The summed E-state index contributed by atoms with van der Waals surface area (Å²) in [4.78, 5) is 18.1. The van der Waals surface area contributed by atoms with Crippen molar-refractivity contribution in [1.29, 1.82) is 0 Å². The molecule has 9 heteroatoms. The summed E-state index contributed by atoms with van der Waals surface area (Å²) in [6, 6.07) is 18.3. The third-order valence-electron chi connectivity index (χ3n) is 5.08. The predicted octanol–water partition coefficient (Wildman–Crippen LogP) is 6.95. The van der Waals surface area contributed by atoms with E-state index >= 15 is 0 Å². The van der Waals surface area contributed by atoms with E-state index in [1.807, 2.05) is 31.2 Å². The van der Waals surface area contributed by atoms with Crippen LogP contribution in [0.2, 0.25) is 5.02 Å². The third kappa shape index (κ3) is 4.46. The lowest BCUT2D eigenvalue weighted by molar-refractivity contribution is 0.335. The lowest BCUT2D eigenvalue weighted by atomic mass is 10.2. The largest absolute Gasteiger partial charge is 0.492 e. The van der Waals surface area contributed by atoms with Crippen molar-refractivity contribution in [2.24, 2.45) is 5.10 Å². The highest BCUT2D eigenvalue weighted by molar-refractivity contribution is 14.1. The molecule has 0 unspecified atom stereocenters. The molecule has 0 fully saturated rings. The van der Waals surface area contributed by atoms with Crippen LogP contribution in [0, 0.1) is 7.14 Å². The summed E-state index contributed by atoms with van der Waals surface area (Å²) in [7, 11) is 0. The Morgan fingerprint density at radius 2 is 1.88 bits per heavy atom. The van der Waals surface area contributed by atoms with Crippen LogP contribution in [0.1, 0.15) is 12.5 Å². The predicted molar refractivity (Wildman–Crippen MR) is 152 cm³/mol. The Balaban J connectivity index is 1.68. The fraction of sp³-hybridized carbons (Fsp3) is 0.0800. The highest BCUT2D eigenvalue weighted by Gasteiger charge is 2.17.